The molecule has 0 aliphatic rings. The smallest absolute Gasteiger partial charge is 0.279 e. The quantitative estimate of drug-likeness (QED) is 0.306. The van der Waals surface area contributed by atoms with Crippen molar-refractivity contribution < 1.29 is 19.4 Å². The third-order valence-electron chi connectivity index (χ3n) is 4.36. The molecule has 3 rings (SSSR count). The van der Waals surface area contributed by atoms with Crippen LogP contribution in [-0.4, -0.2) is 27.3 Å². The highest BCUT2D eigenvalue weighted by Crippen LogP contribution is 2.32. The molecule has 0 aliphatic carbocycles. The molecule has 0 saturated heterocycles. The summed E-state index contributed by atoms with van der Waals surface area (Å²) in [5.41, 5.74) is -0.641. The highest BCUT2D eigenvalue weighted by Gasteiger charge is 2.25. The summed E-state index contributed by atoms with van der Waals surface area (Å²) >= 11 is 1.21. The first-order valence-corrected chi connectivity index (χ1v) is 9.90. The summed E-state index contributed by atoms with van der Waals surface area (Å²) in [7, 11) is 0. The van der Waals surface area contributed by atoms with Gasteiger partial charge in [0, 0.05) is 12.1 Å². The van der Waals surface area contributed by atoms with Crippen molar-refractivity contribution in [3.05, 3.63) is 61.7 Å². The van der Waals surface area contributed by atoms with Crippen LogP contribution in [0.25, 0.3) is 10.2 Å². The first kappa shape index (κ1) is 21.1. The van der Waals surface area contributed by atoms with Crippen molar-refractivity contribution in [2.24, 2.45) is 0 Å². The van der Waals surface area contributed by atoms with Crippen molar-refractivity contribution in [2.75, 3.05) is 11.9 Å². The van der Waals surface area contributed by atoms with Gasteiger partial charge < -0.3 is 4.74 Å². The fraction of sp³-hybridized carbons (Fsp3) is 0.263. The van der Waals surface area contributed by atoms with E-state index in [-0.39, 0.29) is 16.3 Å². The van der Waals surface area contributed by atoms with Crippen molar-refractivity contribution in [1.82, 2.24) is 4.98 Å². The fourth-order valence-corrected chi connectivity index (χ4v) is 3.64. The number of nitro groups is 2. The monoisotopic (exact) mass is 430 g/mol. The fourth-order valence-electron chi connectivity index (χ4n) is 2.75. The zero-order valence-electron chi connectivity index (χ0n) is 16.2. The van der Waals surface area contributed by atoms with Crippen molar-refractivity contribution >= 4 is 44.0 Å². The van der Waals surface area contributed by atoms with Crippen molar-refractivity contribution in [3.8, 4) is 5.75 Å². The van der Waals surface area contributed by atoms with Crippen LogP contribution in [0.5, 0.6) is 5.75 Å². The van der Waals surface area contributed by atoms with Crippen LogP contribution in [0.15, 0.2) is 30.3 Å². The molecule has 0 atom stereocenters. The average Bonchev–Trinajstić information content (AvgIpc) is 3.09. The van der Waals surface area contributed by atoms with Crippen molar-refractivity contribution in [3.63, 3.8) is 0 Å². The molecule has 1 heterocycles. The number of ether oxygens (including phenoxy) is 1. The zero-order valence-corrected chi connectivity index (χ0v) is 17.0. The molecule has 0 bridgehead atoms. The number of fused-ring (bicyclic) bond motifs is 1. The van der Waals surface area contributed by atoms with Gasteiger partial charge in [0.25, 0.3) is 17.3 Å². The van der Waals surface area contributed by atoms with E-state index in [9.17, 15) is 25.0 Å². The lowest BCUT2D eigenvalue weighted by Crippen LogP contribution is -2.13. The molecule has 1 amide bonds. The van der Waals surface area contributed by atoms with Gasteiger partial charge in [-0.05, 0) is 31.5 Å². The van der Waals surface area contributed by atoms with Crippen LogP contribution in [0.1, 0.15) is 35.7 Å². The molecule has 0 spiro atoms. The third-order valence-corrected chi connectivity index (χ3v) is 5.29. The van der Waals surface area contributed by atoms with E-state index >= 15 is 0 Å². The van der Waals surface area contributed by atoms with Gasteiger partial charge in [-0.15, -0.1) is 0 Å². The van der Waals surface area contributed by atoms with E-state index in [0.717, 1.165) is 29.7 Å². The predicted octanol–water partition coefficient (Wildman–Crippen LogP) is 4.85. The molecule has 11 heteroatoms. The van der Waals surface area contributed by atoms with Gasteiger partial charge in [0.05, 0.1) is 32.2 Å². The normalized spacial score (nSPS) is 10.7. The van der Waals surface area contributed by atoms with E-state index in [2.05, 4.69) is 17.2 Å². The number of carbonyl (C=O) groups excluding carboxylic acids is 1. The number of hydrogen-bond donors (Lipinski definition) is 1. The minimum absolute atomic E-state index is 0.114. The van der Waals surface area contributed by atoms with Crippen molar-refractivity contribution in [1.29, 1.82) is 0 Å². The Hall–Kier alpha value is -3.60. The second-order valence-corrected chi connectivity index (χ2v) is 7.49. The van der Waals surface area contributed by atoms with Crippen molar-refractivity contribution in [2.45, 2.75) is 26.7 Å². The number of rotatable bonds is 8. The number of hydrogen-bond acceptors (Lipinski definition) is 8. The number of anilines is 1. The molecule has 1 aromatic heterocycles. The zero-order chi connectivity index (χ0) is 21.8. The number of carbonyl (C=O) groups is 1. The molecular weight excluding hydrogens is 412 g/mol. The van der Waals surface area contributed by atoms with Crippen LogP contribution in [0.4, 0.5) is 16.5 Å². The summed E-state index contributed by atoms with van der Waals surface area (Å²) in [5, 5.41) is 25.2. The van der Waals surface area contributed by atoms with Gasteiger partial charge in [-0.3, -0.25) is 30.3 Å². The third kappa shape index (κ3) is 4.51. The summed E-state index contributed by atoms with van der Waals surface area (Å²) in [5.74, 6) is -0.0260. The molecule has 30 heavy (non-hydrogen) atoms. The van der Waals surface area contributed by atoms with Gasteiger partial charge in [-0.25, -0.2) is 4.98 Å². The van der Waals surface area contributed by atoms with E-state index in [4.69, 9.17) is 4.74 Å². The lowest BCUT2D eigenvalue weighted by molar-refractivity contribution is -0.395. The summed E-state index contributed by atoms with van der Waals surface area (Å²) in [4.78, 5) is 37.8. The van der Waals surface area contributed by atoms with Gasteiger partial charge in [-0.2, -0.15) is 0 Å². The molecule has 10 nitrogen and oxygen atoms in total. The number of nitro benzene ring substituents is 2. The highest BCUT2D eigenvalue weighted by molar-refractivity contribution is 7.22. The van der Waals surface area contributed by atoms with E-state index in [1.807, 2.05) is 6.07 Å². The number of thiazole rings is 1. The Morgan fingerprint density at radius 1 is 1.17 bits per heavy atom. The SMILES string of the molecule is CCCCOc1ccc2nc(NC(=O)c3cc([N+](=O)[O-])c(C)c([N+](=O)[O-])c3)sc2c1. The van der Waals surface area contributed by atoms with Crippen LogP contribution in [0.2, 0.25) is 0 Å². The Bertz CT molecular complexity index is 1110. The molecule has 2 aromatic carbocycles. The lowest BCUT2D eigenvalue weighted by atomic mass is 10.1. The molecule has 0 unspecified atom stereocenters. The Morgan fingerprint density at radius 2 is 1.83 bits per heavy atom. The van der Waals surface area contributed by atoms with E-state index < -0.39 is 27.1 Å². The second kappa shape index (κ2) is 8.82. The minimum Gasteiger partial charge on any atom is -0.494 e. The summed E-state index contributed by atoms with van der Waals surface area (Å²) in [6.07, 6.45) is 1.96. The summed E-state index contributed by atoms with van der Waals surface area (Å²) in [6.45, 7) is 3.95. The standard InChI is InChI=1S/C19H18N4O6S/c1-3-4-7-29-13-5-6-14-17(10-13)30-19(20-14)21-18(24)12-8-15(22(25)26)11(2)16(9-12)23(27)28/h5-6,8-10H,3-4,7H2,1-2H3,(H,20,21,24). The number of nitrogens with one attached hydrogen (secondary N) is 1. The lowest BCUT2D eigenvalue weighted by Gasteiger charge is -2.04. The number of benzene rings is 2. The Labute approximate surface area is 174 Å². The number of aromatic nitrogens is 1. The van der Waals surface area contributed by atoms with Crippen LogP contribution >= 0.6 is 11.3 Å². The maximum atomic E-state index is 12.6. The molecule has 156 valence electrons. The van der Waals surface area contributed by atoms with Crippen LogP contribution < -0.4 is 10.1 Å². The Morgan fingerprint density at radius 3 is 2.43 bits per heavy atom. The van der Waals surface area contributed by atoms with Gasteiger partial charge in [0.2, 0.25) is 0 Å². The summed E-state index contributed by atoms with van der Waals surface area (Å²) in [6, 6.07) is 7.41. The van der Waals surface area contributed by atoms with Gasteiger partial charge in [0.1, 0.15) is 11.3 Å². The number of unbranched alkanes of at least 4 members (excludes halogenated alkanes) is 1. The molecule has 1 N–H and O–H groups in total. The summed E-state index contributed by atoms with van der Waals surface area (Å²) < 4.78 is 6.45. The Balaban J connectivity index is 1.85. The molecule has 0 saturated carbocycles. The van der Waals surface area contributed by atoms with E-state index in [1.54, 1.807) is 12.1 Å². The van der Waals surface area contributed by atoms with Crippen LogP contribution in [0, 0.1) is 27.2 Å². The minimum atomic E-state index is -0.753. The number of amides is 1. The largest absolute Gasteiger partial charge is 0.494 e. The molecule has 3 aromatic rings. The van der Waals surface area contributed by atoms with Gasteiger partial charge >= 0.3 is 0 Å². The van der Waals surface area contributed by atoms with E-state index in [1.165, 1.54) is 18.3 Å². The number of nitrogens with zero attached hydrogens (tertiary/aromatic N) is 3. The van der Waals surface area contributed by atoms with Crippen LogP contribution in [-0.2, 0) is 0 Å². The second-order valence-electron chi connectivity index (χ2n) is 6.46. The first-order valence-electron chi connectivity index (χ1n) is 9.08. The molecule has 0 fully saturated rings. The van der Waals surface area contributed by atoms with Crippen LogP contribution in [0.3, 0.4) is 0 Å². The first-order chi connectivity index (χ1) is 14.3. The highest BCUT2D eigenvalue weighted by atomic mass is 32.1. The molecular formula is C19H18N4O6S. The van der Waals surface area contributed by atoms with Gasteiger partial charge in [0.15, 0.2) is 5.13 Å². The molecule has 0 radical (unpaired) electrons. The predicted molar refractivity (Wildman–Crippen MR) is 112 cm³/mol. The average molecular weight is 430 g/mol. The Kier molecular flexibility index (Phi) is 6.21. The topological polar surface area (TPSA) is 138 Å². The maximum Gasteiger partial charge on any atom is 0.279 e. The maximum absolute atomic E-state index is 12.6. The van der Waals surface area contributed by atoms with E-state index in [0.29, 0.717) is 17.9 Å². The van der Waals surface area contributed by atoms with Gasteiger partial charge in [-0.1, -0.05) is 24.7 Å². The molecule has 0 aliphatic heterocycles.